The van der Waals surface area contributed by atoms with E-state index < -0.39 is 6.10 Å². The van der Waals surface area contributed by atoms with Crippen LogP contribution in [0.2, 0.25) is 5.02 Å². The third-order valence-corrected chi connectivity index (χ3v) is 31.1. The first kappa shape index (κ1) is 90.9. The number of rotatable bonds is 19. The molecule has 18 heteroatoms. The minimum Gasteiger partial charge on any atom is -0.508 e. The van der Waals surface area contributed by atoms with Crippen LogP contribution in [0.15, 0.2) is 256 Å². The highest BCUT2D eigenvalue weighted by molar-refractivity contribution is 7.19. The van der Waals surface area contributed by atoms with E-state index in [1.54, 1.807) is 115 Å². The Balaban J connectivity index is 0.000000124. The first-order chi connectivity index (χ1) is 59.6. The molecular formula is C106H100ClNO9S7. The summed E-state index contributed by atoms with van der Waals surface area (Å²) in [7, 11) is 5.82. The number of halogens is 1. The first-order valence-corrected chi connectivity index (χ1v) is 47.4. The Morgan fingerprint density at radius 1 is 0.444 bits per heavy atom. The number of ether oxygens (including phenoxy) is 1. The third kappa shape index (κ3) is 23.4. The van der Waals surface area contributed by atoms with Crippen LogP contribution in [0, 0.1) is 13.8 Å². The van der Waals surface area contributed by atoms with E-state index in [0.717, 1.165) is 117 Å². The molecule has 632 valence electrons. The number of hydrogen-bond acceptors (Lipinski definition) is 17. The molecule has 0 radical (unpaired) electrons. The van der Waals surface area contributed by atoms with E-state index in [1.165, 1.54) is 139 Å². The van der Waals surface area contributed by atoms with Gasteiger partial charge in [0.2, 0.25) is 0 Å². The highest BCUT2D eigenvalue weighted by Gasteiger charge is 2.28. The molecule has 7 heterocycles. The standard InChI is InChI=1S/C16H17NOS.C16H16O2S.C16H16OS.C16H12OS.C15H14O2S.C15H16OS.C12H9ClOS/c1-10(18)15-9-12-5-4-11-8-13(17(2)3)6-7-14(11)16(12)19-15;1-10(17)11-2-6-13(7-3-11)16(18)15-9-8-14(19-15)12-4-5-12;1-11(17)13-4-2-12(3-5-13)10-15-8-9-16(18-15)14-6-7-14;1-11(17)15-9-10-16(18-15)14-8-4-6-12-5-2-3-7-13(12)14;1-9(16)14-8-11-4-3-10-7-12(17-2)5-6-13(10)15(11)18-14;1-10-5-4-6-11(2)14(10)9-13-7-8-15(17-13)12(3)16;1-8(14)11-6-7-12(15-11)9-4-2-3-5-10(9)13/h6-9H,4-5H2,1-3H3;2-3,6-9,12,16-18H,1,4-5H2;2-5,8-9,14,17H,1,6-7,10H2;2-10H,1H3;5-8H,3-4H2,1-2H3;4-8H,9H2,1-3H3;2-7H,1H3. The largest absolute Gasteiger partial charge is 0.508 e. The zero-order valence-electron chi connectivity index (χ0n) is 71.3. The van der Waals surface area contributed by atoms with Gasteiger partial charge in [-0.2, -0.15) is 0 Å². The van der Waals surface area contributed by atoms with Gasteiger partial charge in [0, 0.05) is 98.2 Å². The fraction of sp³-hybridized carbons (Fsp3) is 0.217. The Bertz CT molecular complexity index is 6340. The SMILES string of the molecule is C=C(O)c1ccc(C(O)c2ccc(C3CC3)s2)cc1.C=C(O)c1ccc(Cc2ccc(C3CC3)s2)cc1.CC(=O)c1cc2c(s1)-c1ccc(N(C)C)cc1CC2.CC(=O)c1ccc(-c2cccc3ccccc23)s1.CC(=O)c1ccc(-c2ccccc2Cl)s1.CC(=O)c1ccc(Cc2c(C)cccc2C)s1.COc1ccc2c(c1)CCc1cc(C(C)=O)sc1-2. The van der Waals surface area contributed by atoms with Gasteiger partial charge in [-0.25, -0.2) is 0 Å². The van der Waals surface area contributed by atoms with Crippen LogP contribution in [0.25, 0.3) is 64.1 Å². The smallest absolute Gasteiger partial charge is 0.169 e. The van der Waals surface area contributed by atoms with Gasteiger partial charge in [0.1, 0.15) is 23.4 Å². The molecule has 10 nitrogen and oxygen atoms in total. The maximum absolute atomic E-state index is 11.5. The normalized spacial score (nSPS) is 12.7. The number of aryl methyl sites for hydroxylation is 6. The quantitative estimate of drug-likeness (QED) is 0.0526. The Morgan fingerprint density at radius 3 is 1.45 bits per heavy atom. The van der Waals surface area contributed by atoms with E-state index in [9.17, 15) is 39.3 Å². The molecule has 2 fully saturated rings. The zero-order valence-corrected chi connectivity index (χ0v) is 77.8. The van der Waals surface area contributed by atoms with Crippen molar-refractivity contribution in [2.24, 2.45) is 0 Å². The van der Waals surface area contributed by atoms with Gasteiger partial charge in [-0.3, -0.25) is 24.0 Å². The molecule has 124 heavy (non-hydrogen) atoms. The van der Waals surface area contributed by atoms with Gasteiger partial charge in [0.05, 0.1) is 31.5 Å². The van der Waals surface area contributed by atoms with Crippen molar-refractivity contribution < 1.29 is 44.0 Å². The fourth-order valence-corrected chi connectivity index (χ4v) is 22.4. The minimum absolute atomic E-state index is 0.0492. The number of ketones is 5. The lowest BCUT2D eigenvalue weighted by Gasteiger charge is -2.20. The van der Waals surface area contributed by atoms with Gasteiger partial charge in [-0.05, 0) is 298 Å². The van der Waals surface area contributed by atoms with Crippen molar-refractivity contribution in [2.45, 2.75) is 131 Å². The topological polar surface area (TPSA) is 159 Å². The second-order valence-electron chi connectivity index (χ2n) is 31.5. The molecule has 3 N–H and O–H groups in total. The van der Waals surface area contributed by atoms with Crippen LogP contribution in [-0.2, 0) is 38.5 Å². The third-order valence-electron chi connectivity index (χ3n) is 21.9. The summed E-state index contributed by atoms with van der Waals surface area (Å²) >= 11 is 17.6. The van der Waals surface area contributed by atoms with Crippen LogP contribution in [0.4, 0.5) is 5.69 Å². The summed E-state index contributed by atoms with van der Waals surface area (Å²) in [6.07, 6.45) is 10.8. The average molecular weight is 1790 g/mol. The number of fused-ring (bicyclic) bond motifs is 7. The lowest BCUT2D eigenvalue weighted by Crippen LogP contribution is -2.10. The number of anilines is 1. The number of methoxy groups -OCH3 is 1. The Hall–Kier alpha value is -10.8. The summed E-state index contributed by atoms with van der Waals surface area (Å²) in [5.41, 5.74) is 19.0. The number of carbonyl (C=O) groups is 5. The van der Waals surface area contributed by atoms with Crippen LogP contribution in [0.1, 0.15) is 212 Å². The van der Waals surface area contributed by atoms with Crippen molar-refractivity contribution in [3.63, 3.8) is 0 Å². The zero-order chi connectivity index (χ0) is 88.0. The summed E-state index contributed by atoms with van der Waals surface area (Å²) in [6, 6.07) is 81.1. The van der Waals surface area contributed by atoms with Gasteiger partial charge in [0.15, 0.2) is 28.9 Å². The van der Waals surface area contributed by atoms with E-state index in [1.807, 2.05) is 114 Å². The molecule has 0 amide bonds. The molecular weight excluding hydrogens is 1690 g/mol. The second-order valence-corrected chi connectivity index (χ2v) is 39.7. The maximum atomic E-state index is 11.5. The Labute approximate surface area is 760 Å². The molecule has 1 atom stereocenters. The van der Waals surface area contributed by atoms with Crippen LogP contribution < -0.4 is 9.64 Å². The van der Waals surface area contributed by atoms with Crippen molar-refractivity contribution in [2.75, 3.05) is 26.1 Å². The number of aliphatic hydroxyl groups excluding tert-OH is 3. The van der Waals surface area contributed by atoms with Crippen LogP contribution >= 0.6 is 91.0 Å². The van der Waals surface area contributed by atoms with E-state index >= 15 is 0 Å². The van der Waals surface area contributed by atoms with E-state index in [2.05, 4.69) is 173 Å². The number of aliphatic hydroxyl groups is 3. The van der Waals surface area contributed by atoms with Gasteiger partial charge in [-0.15, -0.1) is 79.4 Å². The fourth-order valence-electron chi connectivity index (χ4n) is 14.6. The van der Waals surface area contributed by atoms with E-state index in [-0.39, 0.29) is 40.4 Å². The number of benzene rings is 8. The molecule has 2 saturated carbocycles. The van der Waals surface area contributed by atoms with Gasteiger partial charge in [0.25, 0.3) is 0 Å². The lowest BCUT2D eigenvalue weighted by molar-refractivity contribution is 0.101. The molecule has 15 aromatic rings. The molecule has 0 spiro atoms. The van der Waals surface area contributed by atoms with E-state index in [0.29, 0.717) is 5.56 Å². The molecule has 4 aliphatic carbocycles. The molecule has 0 saturated heterocycles. The Kier molecular flexibility index (Phi) is 30.6. The molecule has 7 aromatic heterocycles. The lowest BCUT2D eigenvalue weighted by atomic mass is 9.91. The molecule has 1 unspecified atom stereocenters. The summed E-state index contributed by atoms with van der Waals surface area (Å²) in [6.45, 7) is 19.4. The van der Waals surface area contributed by atoms with Crippen molar-refractivity contribution in [1.82, 2.24) is 0 Å². The second kappa shape index (κ2) is 41.8. The highest BCUT2D eigenvalue weighted by Crippen LogP contribution is 2.47. The number of hydrogen-bond donors (Lipinski definition) is 3. The summed E-state index contributed by atoms with van der Waals surface area (Å²) < 4.78 is 5.26. The van der Waals surface area contributed by atoms with Crippen LogP contribution in [0.5, 0.6) is 5.75 Å². The maximum Gasteiger partial charge on any atom is 0.169 e. The van der Waals surface area contributed by atoms with Crippen molar-refractivity contribution >= 4 is 148 Å². The molecule has 19 rings (SSSR count). The van der Waals surface area contributed by atoms with Crippen molar-refractivity contribution in [1.29, 1.82) is 0 Å². The van der Waals surface area contributed by atoms with Gasteiger partial charge < -0.3 is 25.0 Å². The van der Waals surface area contributed by atoms with Crippen LogP contribution in [0.3, 0.4) is 0 Å². The van der Waals surface area contributed by atoms with Crippen LogP contribution in [-0.4, -0.2) is 65.4 Å². The Morgan fingerprint density at radius 2 is 0.911 bits per heavy atom. The van der Waals surface area contributed by atoms with Crippen molar-refractivity contribution in [3.8, 4) is 47.5 Å². The number of thiophene rings is 7. The summed E-state index contributed by atoms with van der Waals surface area (Å²) in [4.78, 5) is 74.4. The predicted octanol–water partition coefficient (Wildman–Crippen LogP) is 29.7. The number of carbonyl (C=O) groups excluding carboxylic acids is 5. The molecule has 4 aliphatic rings. The highest BCUT2D eigenvalue weighted by atomic mass is 35.5. The van der Waals surface area contributed by atoms with Gasteiger partial charge in [-0.1, -0.05) is 158 Å². The molecule has 8 aromatic carbocycles. The van der Waals surface area contributed by atoms with Gasteiger partial charge >= 0.3 is 0 Å². The molecule has 0 aliphatic heterocycles. The van der Waals surface area contributed by atoms with Crippen molar-refractivity contribution in [3.05, 3.63) is 371 Å². The monoisotopic (exact) mass is 1790 g/mol. The number of nitrogens with zero attached hydrogens (tertiary/aromatic N) is 1. The number of Topliss-reactive ketones (excluding diaryl/α,β-unsaturated/α-hetero) is 5. The first-order valence-electron chi connectivity index (χ1n) is 41.3. The summed E-state index contributed by atoms with van der Waals surface area (Å²) in [5.74, 6) is 3.38. The minimum atomic E-state index is -0.585. The predicted molar refractivity (Wildman–Crippen MR) is 526 cm³/mol. The summed E-state index contributed by atoms with van der Waals surface area (Å²) in [5, 5.41) is 32.1. The molecule has 0 bridgehead atoms. The average Bonchev–Trinajstić information content (AvgIpc) is 1.62. The van der Waals surface area contributed by atoms with E-state index in [4.69, 9.17) is 16.3 Å².